The number of halogens is 1. The van der Waals surface area contributed by atoms with Crippen LogP contribution in [-0.4, -0.2) is 11.4 Å². The highest BCUT2D eigenvalue weighted by atomic mass is 19.1. The number of aromatic hydroxyl groups is 1. The zero-order valence-corrected chi connectivity index (χ0v) is 13.7. The van der Waals surface area contributed by atoms with Crippen LogP contribution in [0.3, 0.4) is 0 Å². The van der Waals surface area contributed by atoms with Crippen molar-refractivity contribution in [1.29, 1.82) is 0 Å². The molecule has 0 aliphatic heterocycles. The van der Waals surface area contributed by atoms with Gasteiger partial charge in [0.1, 0.15) is 23.9 Å². The number of benzene rings is 3. The van der Waals surface area contributed by atoms with Crippen molar-refractivity contribution >= 4 is 6.29 Å². The smallest absolute Gasteiger partial charge is 0.153 e. The zero-order chi connectivity index (χ0) is 17.8. The summed E-state index contributed by atoms with van der Waals surface area (Å²) in [5.74, 6) is 0.0705. The molecule has 0 bridgehead atoms. The molecule has 0 saturated carbocycles. The summed E-state index contributed by atoms with van der Waals surface area (Å²) in [5, 5.41) is 9.71. The first-order valence-electron chi connectivity index (χ1n) is 7.84. The van der Waals surface area contributed by atoms with Crippen LogP contribution in [0, 0.1) is 12.7 Å². The topological polar surface area (TPSA) is 46.5 Å². The number of carbonyl (C=O) groups is 1. The molecule has 126 valence electrons. The Kier molecular flexibility index (Phi) is 4.80. The lowest BCUT2D eigenvalue weighted by Gasteiger charge is -2.13. The van der Waals surface area contributed by atoms with Crippen LogP contribution in [0.25, 0.3) is 11.1 Å². The third-order valence-electron chi connectivity index (χ3n) is 4.13. The van der Waals surface area contributed by atoms with E-state index in [2.05, 4.69) is 0 Å². The van der Waals surface area contributed by atoms with Crippen LogP contribution < -0.4 is 4.74 Å². The molecule has 0 radical (unpaired) electrons. The second-order valence-electron chi connectivity index (χ2n) is 5.70. The van der Waals surface area contributed by atoms with Gasteiger partial charge in [0.15, 0.2) is 6.29 Å². The van der Waals surface area contributed by atoms with Crippen molar-refractivity contribution in [1.82, 2.24) is 0 Å². The van der Waals surface area contributed by atoms with E-state index in [0.29, 0.717) is 17.6 Å². The van der Waals surface area contributed by atoms with E-state index in [4.69, 9.17) is 4.74 Å². The van der Waals surface area contributed by atoms with Crippen molar-refractivity contribution in [2.75, 3.05) is 0 Å². The number of hydrogen-bond donors (Lipinski definition) is 1. The van der Waals surface area contributed by atoms with E-state index in [1.165, 1.54) is 18.2 Å². The first-order valence-corrected chi connectivity index (χ1v) is 7.84. The average Bonchev–Trinajstić information content (AvgIpc) is 2.62. The van der Waals surface area contributed by atoms with Crippen LogP contribution in [0.15, 0.2) is 60.7 Å². The Labute approximate surface area is 145 Å². The van der Waals surface area contributed by atoms with Crippen molar-refractivity contribution < 1.29 is 19.0 Å². The van der Waals surface area contributed by atoms with Crippen molar-refractivity contribution in [2.24, 2.45) is 0 Å². The van der Waals surface area contributed by atoms with E-state index < -0.39 is 0 Å². The molecule has 25 heavy (non-hydrogen) atoms. The van der Waals surface area contributed by atoms with E-state index in [1.54, 1.807) is 24.3 Å². The van der Waals surface area contributed by atoms with Gasteiger partial charge in [0.05, 0.1) is 5.56 Å². The van der Waals surface area contributed by atoms with Crippen molar-refractivity contribution in [3.8, 4) is 22.6 Å². The summed E-state index contributed by atoms with van der Waals surface area (Å²) < 4.78 is 19.8. The molecule has 0 amide bonds. The number of phenols is 1. The van der Waals surface area contributed by atoms with Gasteiger partial charge >= 0.3 is 0 Å². The summed E-state index contributed by atoms with van der Waals surface area (Å²) in [4.78, 5) is 10.7. The minimum absolute atomic E-state index is 0.121. The highest BCUT2D eigenvalue weighted by Gasteiger charge is 2.10. The monoisotopic (exact) mass is 336 g/mol. The van der Waals surface area contributed by atoms with Gasteiger partial charge in [0.25, 0.3) is 0 Å². The predicted octanol–water partition coefficient (Wildman–Crippen LogP) is 4.90. The summed E-state index contributed by atoms with van der Waals surface area (Å²) >= 11 is 0. The first kappa shape index (κ1) is 16.7. The van der Waals surface area contributed by atoms with Gasteiger partial charge in [-0.1, -0.05) is 36.4 Å². The van der Waals surface area contributed by atoms with Crippen molar-refractivity contribution in [3.63, 3.8) is 0 Å². The maximum absolute atomic E-state index is 14.1. The van der Waals surface area contributed by atoms with E-state index in [1.807, 2.05) is 25.1 Å². The van der Waals surface area contributed by atoms with Crippen LogP contribution in [0.1, 0.15) is 21.5 Å². The molecule has 0 heterocycles. The number of ether oxygens (including phenoxy) is 1. The Morgan fingerprint density at radius 2 is 1.80 bits per heavy atom. The van der Waals surface area contributed by atoms with Gasteiger partial charge in [-0.2, -0.15) is 0 Å². The van der Waals surface area contributed by atoms with Crippen molar-refractivity contribution in [2.45, 2.75) is 13.5 Å². The minimum Gasteiger partial charge on any atom is -0.507 e. The molecule has 0 fully saturated rings. The molecule has 0 saturated heterocycles. The molecule has 0 atom stereocenters. The van der Waals surface area contributed by atoms with Crippen LogP contribution in [0.2, 0.25) is 0 Å². The average molecular weight is 336 g/mol. The molecular formula is C21H17FO3. The number of aldehydes is 1. The predicted molar refractivity (Wildman–Crippen MR) is 94.4 cm³/mol. The van der Waals surface area contributed by atoms with Crippen LogP contribution in [0.4, 0.5) is 4.39 Å². The third kappa shape index (κ3) is 3.53. The Morgan fingerprint density at radius 1 is 1.04 bits per heavy atom. The van der Waals surface area contributed by atoms with Crippen LogP contribution in [-0.2, 0) is 6.61 Å². The maximum Gasteiger partial charge on any atom is 0.153 e. The van der Waals surface area contributed by atoms with Crippen LogP contribution >= 0.6 is 0 Å². The molecule has 3 rings (SSSR count). The molecule has 0 aromatic heterocycles. The van der Waals surface area contributed by atoms with Crippen LogP contribution in [0.5, 0.6) is 11.5 Å². The fraction of sp³-hybridized carbons (Fsp3) is 0.0952. The zero-order valence-electron chi connectivity index (χ0n) is 13.7. The number of hydrogen-bond acceptors (Lipinski definition) is 3. The molecule has 0 aliphatic rings. The summed E-state index contributed by atoms with van der Waals surface area (Å²) in [5.41, 5.74) is 3.43. The number of phenolic OH excluding ortho intramolecular Hbond substituents is 1. The molecule has 3 aromatic carbocycles. The highest BCUT2D eigenvalue weighted by molar-refractivity contribution is 5.79. The number of carbonyl (C=O) groups excluding carboxylic acids is 1. The van der Waals surface area contributed by atoms with Gasteiger partial charge in [0, 0.05) is 11.6 Å². The summed E-state index contributed by atoms with van der Waals surface area (Å²) in [7, 11) is 0. The fourth-order valence-electron chi connectivity index (χ4n) is 2.69. The van der Waals surface area contributed by atoms with Gasteiger partial charge < -0.3 is 9.84 Å². The molecule has 0 aliphatic carbocycles. The minimum atomic E-state index is -0.266. The largest absolute Gasteiger partial charge is 0.507 e. The van der Waals surface area contributed by atoms with Gasteiger partial charge in [-0.05, 0) is 41.8 Å². The molecule has 0 unspecified atom stereocenters. The Bertz CT molecular complexity index is 919. The lowest BCUT2D eigenvalue weighted by molar-refractivity contribution is 0.112. The maximum atomic E-state index is 14.1. The summed E-state index contributed by atoms with van der Waals surface area (Å²) in [6.07, 6.45) is 0.584. The van der Waals surface area contributed by atoms with Gasteiger partial charge in [0.2, 0.25) is 0 Å². The van der Waals surface area contributed by atoms with E-state index in [-0.39, 0.29) is 23.7 Å². The van der Waals surface area contributed by atoms with E-state index >= 15 is 0 Å². The lowest BCUT2D eigenvalue weighted by Crippen LogP contribution is -2.00. The SMILES string of the molecule is Cc1c(COc2ccc(C=O)c(O)c2)cccc1-c1ccccc1F. The first-order chi connectivity index (χ1) is 12.1. The van der Waals surface area contributed by atoms with Gasteiger partial charge in [-0.3, -0.25) is 4.79 Å². The molecule has 1 N–H and O–H groups in total. The van der Waals surface area contributed by atoms with Gasteiger partial charge in [-0.25, -0.2) is 4.39 Å². The Balaban J connectivity index is 1.84. The van der Waals surface area contributed by atoms with E-state index in [0.717, 1.165) is 16.7 Å². The standard InChI is InChI=1S/C21H17FO3/c1-14-16(13-25-17-10-9-15(12-23)21(24)11-17)5-4-7-18(14)19-6-2-3-8-20(19)22/h2-12,24H,13H2,1H3. The molecule has 4 heteroatoms. The van der Waals surface area contributed by atoms with E-state index in [9.17, 15) is 14.3 Å². The highest BCUT2D eigenvalue weighted by Crippen LogP contribution is 2.29. The Morgan fingerprint density at radius 3 is 2.52 bits per heavy atom. The Hall–Kier alpha value is -3.14. The summed E-state index contributed by atoms with van der Waals surface area (Å²) in [6.45, 7) is 2.20. The second kappa shape index (κ2) is 7.18. The summed E-state index contributed by atoms with van der Waals surface area (Å²) in [6, 6.07) is 16.8. The van der Waals surface area contributed by atoms with Gasteiger partial charge in [-0.15, -0.1) is 0 Å². The third-order valence-corrected chi connectivity index (χ3v) is 4.13. The quantitative estimate of drug-likeness (QED) is 0.674. The second-order valence-corrected chi connectivity index (χ2v) is 5.70. The molecule has 3 nitrogen and oxygen atoms in total. The lowest BCUT2D eigenvalue weighted by atomic mass is 9.96. The number of rotatable bonds is 5. The fourth-order valence-corrected chi connectivity index (χ4v) is 2.69. The molecular weight excluding hydrogens is 319 g/mol. The molecule has 3 aromatic rings. The normalized spacial score (nSPS) is 10.5. The molecule has 0 spiro atoms. The van der Waals surface area contributed by atoms with Crippen molar-refractivity contribution in [3.05, 3.63) is 83.2 Å².